The molecule has 0 aliphatic carbocycles. The van der Waals surface area contributed by atoms with Crippen LogP contribution in [0.2, 0.25) is 0 Å². The predicted molar refractivity (Wildman–Crippen MR) is 48.9 cm³/mol. The van der Waals surface area contributed by atoms with Crippen LogP contribution in [0.15, 0.2) is 53.5 Å². The van der Waals surface area contributed by atoms with Gasteiger partial charge in [0.2, 0.25) is 17.4 Å². The summed E-state index contributed by atoms with van der Waals surface area (Å²) >= 11 is 0. The van der Waals surface area contributed by atoms with Crippen molar-refractivity contribution in [3.63, 3.8) is 0 Å². The summed E-state index contributed by atoms with van der Waals surface area (Å²) in [6.07, 6.45) is 5.36. The second kappa shape index (κ2) is 4.89. The van der Waals surface area contributed by atoms with Crippen LogP contribution in [0.1, 0.15) is 0 Å². The van der Waals surface area contributed by atoms with Crippen molar-refractivity contribution in [2.75, 3.05) is 0 Å². The van der Waals surface area contributed by atoms with Crippen molar-refractivity contribution in [3.8, 4) is 5.69 Å². The molecule has 0 saturated heterocycles. The van der Waals surface area contributed by atoms with Crippen LogP contribution in [-0.4, -0.2) is 0 Å². The van der Waals surface area contributed by atoms with Crippen LogP contribution in [0.5, 0.6) is 0 Å². The summed E-state index contributed by atoms with van der Waals surface area (Å²) in [5.41, 5.74) is 2.30. The molecule has 18 heavy (non-hydrogen) atoms. The minimum Gasteiger partial charge on any atom is -0.459 e. The Kier molecular flexibility index (Phi) is 3.46. The topological polar surface area (TPSA) is 109 Å². The first-order valence-corrected chi connectivity index (χ1v) is 6.06. The van der Waals surface area contributed by atoms with E-state index in [4.69, 9.17) is 23.1 Å². The van der Waals surface area contributed by atoms with Gasteiger partial charge < -0.3 is 4.42 Å². The van der Waals surface area contributed by atoms with Crippen molar-refractivity contribution in [1.29, 1.82) is 0 Å². The molecule has 0 atom stereocenters. The number of fused-ring (bicyclic) bond motifs is 3. The molecule has 0 N–H and O–H groups in total. The van der Waals surface area contributed by atoms with Gasteiger partial charge in [-0.05, 0) is 6.07 Å². The average molecular weight is 270 g/mol. The third-order valence-corrected chi connectivity index (χ3v) is 2.26. The van der Waals surface area contributed by atoms with E-state index in [0.717, 1.165) is 5.69 Å². The fourth-order valence-electron chi connectivity index (χ4n) is 1.66. The zero-order valence-corrected chi connectivity index (χ0v) is 9.74. The van der Waals surface area contributed by atoms with E-state index in [-0.39, 0.29) is 0 Å². The number of hydrogen-bond donors (Lipinski definition) is 0. The third-order valence-electron chi connectivity index (χ3n) is 2.26. The van der Waals surface area contributed by atoms with E-state index >= 15 is 0 Å². The zero-order valence-electron chi connectivity index (χ0n) is 8.99. The van der Waals surface area contributed by atoms with Crippen molar-refractivity contribution in [2.24, 2.45) is 0 Å². The summed E-state index contributed by atoms with van der Waals surface area (Å²) in [4.78, 5) is 0. The molecule has 0 saturated carbocycles. The molecular formula is C11H8ClNO5. The molecule has 0 spiro atoms. The van der Waals surface area contributed by atoms with Crippen molar-refractivity contribution < 1.29 is 37.9 Å². The minimum atomic E-state index is -4.94. The van der Waals surface area contributed by atoms with E-state index < -0.39 is 10.2 Å². The van der Waals surface area contributed by atoms with Crippen molar-refractivity contribution in [1.82, 2.24) is 0 Å². The average Bonchev–Trinajstić information content (AvgIpc) is 2.65. The van der Waals surface area contributed by atoms with Crippen LogP contribution >= 0.6 is 0 Å². The predicted octanol–water partition coefficient (Wildman–Crippen LogP) is -2.61. The molecule has 7 heteroatoms. The molecule has 0 amide bonds. The van der Waals surface area contributed by atoms with E-state index in [0.29, 0.717) is 0 Å². The monoisotopic (exact) mass is 269 g/mol. The van der Waals surface area contributed by atoms with Crippen molar-refractivity contribution in [3.05, 3.63) is 49.1 Å². The van der Waals surface area contributed by atoms with Crippen LogP contribution in [0.4, 0.5) is 0 Å². The first-order chi connectivity index (χ1) is 8.45. The third kappa shape index (κ3) is 3.16. The Morgan fingerprint density at radius 3 is 2.44 bits per heavy atom. The molecule has 0 radical (unpaired) electrons. The number of hydrogen-bond acceptors (Lipinski definition) is 5. The highest BCUT2D eigenvalue weighted by Gasteiger charge is 2.16. The van der Waals surface area contributed by atoms with E-state index in [9.17, 15) is 0 Å². The number of rotatable bonds is 0. The molecule has 0 aromatic heterocycles. The molecule has 0 bridgehead atoms. The Bertz CT molecular complexity index is 612. The molecule has 94 valence electrons. The first kappa shape index (κ1) is 12.7. The van der Waals surface area contributed by atoms with Crippen LogP contribution in [0.3, 0.4) is 0 Å². The molecule has 0 unspecified atom stereocenters. The largest absolute Gasteiger partial charge is 0.459 e. The van der Waals surface area contributed by atoms with Gasteiger partial charge in [-0.1, -0.05) is 12.1 Å². The summed E-state index contributed by atoms with van der Waals surface area (Å²) in [5.74, 6) is 0. The quantitative estimate of drug-likeness (QED) is 0.415. The Morgan fingerprint density at radius 1 is 1.06 bits per heavy atom. The number of halogens is 1. The molecule has 3 rings (SSSR count). The lowest BCUT2D eigenvalue weighted by Gasteiger charge is -2.17. The fourth-order valence-corrected chi connectivity index (χ4v) is 1.66. The minimum absolute atomic E-state index is 1.09. The standard InChI is InChI=1S/C11H8NO.ClHO4/c1-2-4-11-9(3-1)7-10-8-13-6-5-12(10)11;2-1(3,4)5/h1-8H;(H,2,3,4,5)/q+1;/p-1. The summed E-state index contributed by atoms with van der Waals surface area (Å²) in [6, 6.07) is 10.4. The van der Waals surface area contributed by atoms with Crippen LogP contribution < -0.4 is 23.2 Å². The number of para-hydroxylation sites is 1. The lowest BCUT2D eigenvalue weighted by Crippen LogP contribution is -2.68. The lowest BCUT2D eigenvalue weighted by atomic mass is 10.2. The Hall–Kier alpha value is -1.70. The van der Waals surface area contributed by atoms with Gasteiger partial charge in [0.05, 0.1) is 5.39 Å². The maximum Gasteiger partial charge on any atom is 0.247 e. The molecule has 0 fully saturated rings. The fraction of sp³-hybridized carbons (Fsp3) is 0. The maximum absolute atomic E-state index is 8.49. The van der Waals surface area contributed by atoms with Crippen molar-refractivity contribution in [2.45, 2.75) is 0 Å². The smallest absolute Gasteiger partial charge is 0.247 e. The van der Waals surface area contributed by atoms with Gasteiger partial charge >= 0.3 is 0 Å². The normalized spacial score (nSPS) is 11.3. The van der Waals surface area contributed by atoms with Crippen LogP contribution in [-0.2, 0) is 0 Å². The van der Waals surface area contributed by atoms with Gasteiger partial charge in [0, 0.05) is 12.1 Å². The second-order valence-electron chi connectivity index (χ2n) is 3.42. The number of aromatic nitrogens is 1. The van der Waals surface area contributed by atoms with Crippen LogP contribution in [0, 0.1) is 10.2 Å². The Labute approximate surface area is 104 Å². The van der Waals surface area contributed by atoms with E-state index in [1.165, 1.54) is 10.9 Å². The van der Waals surface area contributed by atoms with Gasteiger partial charge in [-0.3, -0.25) is 0 Å². The van der Waals surface area contributed by atoms with Gasteiger partial charge in [0.25, 0.3) is 0 Å². The van der Waals surface area contributed by atoms with Gasteiger partial charge in [-0.15, -0.1) is 10.2 Å². The molecule has 2 aliphatic rings. The molecule has 1 aromatic carbocycles. The second-order valence-corrected chi connectivity index (χ2v) is 4.17. The molecule has 1 aromatic rings. The number of benzene rings is 1. The van der Waals surface area contributed by atoms with E-state index in [1.807, 2.05) is 18.3 Å². The molecule has 6 nitrogen and oxygen atoms in total. The summed E-state index contributed by atoms with van der Waals surface area (Å²) in [6.45, 7) is 0. The summed E-state index contributed by atoms with van der Waals surface area (Å²) < 4.78 is 41.2. The summed E-state index contributed by atoms with van der Waals surface area (Å²) in [7, 11) is -4.94. The summed E-state index contributed by atoms with van der Waals surface area (Å²) in [5, 5.41) is 1.24. The molecule has 2 heterocycles. The molecule has 2 aliphatic heterocycles. The lowest BCUT2D eigenvalue weighted by molar-refractivity contribution is -2.00. The highest BCUT2D eigenvalue weighted by Crippen LogP contribution is 2.15. The maximum atomic E-state index is 8.49. The SMILES string of the molecule is [O-][Cl+3]([O-])([O-])[O-].c1ccc2c(c1)cc1cocc[n+]2-1. The van der Waals surface area contributed by atoms with Gasteiger partial charge in [-0.25, -0.2) is 18.6 Å². The first-order valence-electron chi connectivity index (χ1n) is 4.82. The Morgan fingerprint density at radius 2 is 1.72 bits per heavy atom. The van der Waals surface area contributed by atoms with E-state index in [2.05, 4.69) is 22.8 Å². The van der Waals surface area contributed by atoms with Crippen LogP contribution in [0.25, 0.3) is 16.6 Å². The van der Waals surface area contributed by atoms with Crippen molar-refractivity contribution >= 4 is 10.9 Å². The number of nitrogens with zero attached hydrogens (tertiary/aromatic N) is 1. The highest BCUT2D eigenvalue weighted by molar-refractivity contribution is 5.78. The highest BCUT2D eigenvalue weighted by atomic mass is 35.7. The van der Waals surface area contributed by atoms with Gasteiger partial charge in [0.1, 0.15) is 0 Å². The van der Waals surface area contributed by atoms with Gasteiger partial charge in [-0.2, -0.15) is 4.57 Å². The van der Waals surface area contributed by atoms with Gasteiger partial charge in [0.15, 0.2) is 12.5 Å². The Balaban J connectivity index is 0.000000209. The molecular weight excluding hydrogens is 262 g/mol. The van der Waals surface area contributed by atoms with E-state index in [1.54, 1.807) is 12.5 Å². The zero-order chi connectivity index (χ0) is 13.2.